The lowest BCUT2D eigenvalue weighted by Gasteiger charge is -2.20. The normalized spacial score (nSPS) is 12.8. The first-order chi connectivity index (χ1) is 9.68. The zero-order chi connectivity index (χ0) is 16.0. The maximum atomic E-state index is 11.2. The summed E-state index contributed by atoms with van der Waals surface area (Å²) in [6.07, 6.45) is 1.15. The second-order valence-electron chi connectivity index (χ2n) is 6.48. The van der Waals surface area contributed by atoms with E-state index in [1.807, 2.05) is 0 Å². The van der Waals surface area contributed by atoms with Gasteiger partial charge in [-0.1, -0.05) is 45.0 Å². The minimum atomic E-state index is -0.839. The Morgan fingerprint density at radius 1 is 1.19 bits per heavy atom. The van der Waals surface area contributed by atoms with Crippen molar-refractivity contribution in [2.45, 2.75) is 58.4 Å². The SMILES string of the molecule is CC(=O)NC(CCC(=O)O)Cc1ccc(C(C)(C)C)cc1. The van der Waals surface area contributed by atoms with Gasteiger partial charge in [0.15, 0.2) is 0 Å². The summed E-state index contributed by atoms with van der Waals surface area (Å²) in [4.78, 5) is 21.9. The molecule has 21 heavy (non-hydrogen) atoms. The first kappa shape index (κ1) is 17.2. The average Bonchev–Trinajstić information content (AvgIpc) is 2.35. The Hall–Kier alpha value is -1.84. The van der Waals surface area contributed by atoms with E-state index in [0.717, 1.165) is 5.56 Å². The molecular formula is C17H25NO3. The van der Waals surface area contributed by atoms with Crippen LogP contribution in [-0.4, -0.2) is 23.0 Å². The Morgan fingerprint density at radius 3 is 2.19 bits per heavy atom. The molecule has 4 heteroatoms. The van der Waals surface area contributed by atoms with Crippen molar-refractivity contribution < 1.29 is 14.7 Å². The van der Waals surface area contributed by atoms with Gasteiger partial charge in [-0.25, -0.2) is 0 Å². The monoisotopic (exact) mass is 291 g/mol. The molecular weight excluding hydrogens is 266 g/mol. The van der Waals surface area contributed by atoms with Crippen LogP contribution in [0.5, 0.6) is 0 Å². The predicted molar refractivity (Wildman–Crippen MR) is 83.3 cm³/mol. The van der Waals surface area contributed by atoms with Crippen LogP contribution in [0.1, 0.15) is 51.7 Å². The molecule has 0 saturated heterocycles. The Morgan fingerprint density at radius 2 is 1.76 bits per heavy atom. The number of carbonyl (C=O) groups is 2. The lowest BCUT2D eigenvalue weighted by atomic mass is 9.86. The van der Waals surface area contributed by atoms with Crippen molar-refractivity contribution in [3.8, 4) is 0 Å². The Balaban J connectivity index is 2.73. The molecule has 1 amide bonds. The highest BCUT2D eigenvalue weighted by Gasteiger charge is 2.15. The number of benzene rings is 1. The molecule has 0 heterocycles. The van der Waals surface area contributed by atoms with Gasteiger partial charge in [-0.15, -0.1) is 0 Å². The third kappa shape index (κ3) is 6.43. The number of amides is 1. The summed E-state index contributed by atoms with van der Waals surface area (Å²) in [5.74, 6) is -0.967. The summed E-state index contributed by atoms with van der Waals surface area (Å²) in [5.41, 5.74) is 2.47. The minimum absolute atomic E-state index is 0.0605. The number of carbonyl (C=O) groups excluding carboxylic acids is 1. The number of hydrogen-bond donors (Lipinski definition) is 2. The van der Waals surface area contributed by atoms with Crippen LogP contribution in [-0.2, 0) is 21.4 Å². The van der Waals surface area contributed by atoms with Crippen LogP contribution in [0, 0.1) is 0 Å². The number of carboxylic acid groups (broad SMARTS) is 1. The molecule has 0 fully saturated rings. The molecule has 2 N–H and O–H groups in total. The van der Waals surface area contributed by atoms with Crippen LogP contribution in [0.2, 0.25) is 0 Å². The Bertz CT molecular complexity index is 486. The van der Waals surface area contributed by atoms with Gasteiger partial charge < -0.3 is 10.4 Å². The summed E-state index contributed by atoms with van der Waals surface area (Å²) < 4.78 is 0. The van der Waals surface area contributed by atoms with Gasteiger partial charge in [0.05, 0.1) is 0 Å². The van der Waals surface area contributed by atoms with E-state index in [1.54, 1.807) is 0 Å². The third-order valence-electron chi connectivity index (χ3n) is 3.42. The van der Waals surface area contributed by atoms with E-state index in [1.165, 1.54) is 12.5 Å². The molecule has 0 aliphatic carbocycles. The summed E-state index contributed by atoms with van der Waals surface area (Å²) >= 11 is 0. The van der Waals surface area contributed by atoms with Gasteiger partial charge in [0, 0.05) is 19.4 Å². The highest BCUT2D eigenvalue weighted by Crippen LogP contribution is 2.22. The number of carboxylic acids is 1. The lowest BCUT2D eigenvalue weighted by Crippen LogP contribution is -2.35. The van der Waals surface area contributed by atoms with Crippen molar-refractivity contribution in [3.63, 3.8) is 0 Å². The molecule has 0 saturated carbocycles. The topological polar surface area (TPSA) is 66.4 Å². The van der Waals surface area contributed by atoms with E-state index < -0.39 is 5.97 Å². The number of hydrogen-bond acceptors (Lipinski definition) is 2. The standard InChI is InChI=1S/C17H25NO3/c1-12(19)18-15(9-10-16(20)21)11-13-5-7-14(8-6-13)17(2,3)4/h5-8,15H,9-11H2,1-4H3,(H,18,19)(H,20,21). The van der Waals surface area contributed by atoms with Crippen molar-refractivity contribution in [1.82, 2.24) is 5.32 Å². The van der Waals surface area contributed by atoms with Crippen molar-refractivity contribution in [1.29, 1.82) is 0 Å². The first-order valence-electron chi connectivity index (χ1n) is 7.27. The molecule has 0 spiro atoms. The van der Waals surface area contributed by atoms with Crippen molar-refractivity contribution >= 4 is 11.9 Å². The van der Waals surface area contributed by atoms with Crippen LogP contribution in [0.4, 0.5) is 0 Å². The predicted octanol–water partition coefficient (Wildman–Crippen LogP) is 2.90. The lowest BCUT2D eigenvalue weighted by molar-refractivity contribution is -0.137. The first-order valence-corrected chi connectivity index (χ1v) is 7.27. The maximum absolute atomic E-state index is 11.2. The highest BCUT2D eigenvalue weighted by molar-refractivity contribution is 5.73. The molecule has 1 atom stereocenters. The van der Waals surface area contributed by atoms with E-state index in [0.29, 0.717) is 12.8 Å². The Kier molecular flexibility index (Phi) is 5.94. The van der Waals surface area contributed by atoms with Gasteiger partial charge in [0.25, 0.3) is 0 Å². The molecule has 1 rings (SSSR count). The van der Waals surface area contributed by atoms with Gasteiger partial charge >= 0.3 is 5.97 Å². The van der Waals surface area contributed by atoms with Crippen molar-refractivity contribution in [2.75, 3.05) is 0 Å². The van der Waals surface area contributed by atoms with Crippen molar-refractivity contribution in [3.05, 3.63) is 35.4 Å². The highest BCUT2D eigenvalue weighted by atomic mass is 16.4. The Labute approximate surface area is 126 Å². The van der Waals surface area contributed by atoms with Gasteiger partial charge in [-0.05, 0) is 29.4 Å². The third-order valence-corrected chi connectivity index (χ3v) is 3.42. The van der Waals surface area contributed by atoms with E-state index in [2.05, 4.69) is 50.4 Å². The molecule has 0 aromatic heterocycles. The largest absolute Gasteiger partial charge is 0.481 e. The molecule has 4 nitrogen and oxygen atoms in total. The fraction of sp³-hybridized carbons (Fsp3) is 0.529. The zero-order valence-corrected chi connectivity index (χ0v) is 13.3. The average molecular weight is 291 g/mol. The molecule has 0 radical (unpaired) electrons. The smallest absolute Gasteiger partial charge is 0.303 e. The van der Waals surface area contributed by atoms with E-state index >= 15 is 0 Å². The molecule has 0 aliphatic heterocycles. The van der Waals surface area contributed by atoms with Crippen LogP contribution in [0.15, 0.2) is 24.3 Å². The fourth-order valence-electron chi connectivity index (χ4n) is 2.24. The second kappa shape index (κ2) is 7.25. The van der Waals surface area contributed by atoms with Gasteiger partial charge in [-0.2, -0.15) is 0 Å². The molecule has 0 aliphatic rings. The number of aliphatic carboxylic acids is 1. The summed E-state index contributed by atoms with van der Waals surface area (Å²) in [6.45, 7) is 7.94. The fourth-order valence-corrected chi connectivity index (χ4v) is 2.24. The number of nitrogens with one attached hydrogen (secondary N) is 1. The molecule has 0 bridgehead atoms. The molecule has 116 valence electrons. The minimum Gasteiger partial charge on any atom is -0.481 e. The van der Waals surface area contributed by atoms with E-state index in [9.17, 15) is 9.59 Å². The van der Waals surface area contributed by atoms with Crippen LogP contribution in [0.3, 0.4) is 0 Å². The van der Waals surface area contributed by atoms with Crippen LogP contribution < -0.4 is 5.32 Å². The van der Waals surface area contributed by atoms with E-state index in [-0.39, 0.29) is 23.8 Å². The van der Waals surface area contributed by atoms with Crippen LogP contribution >= 0.6 is 0 Å². The summed E-state index contributed by atoms with van der Waals surface area (Å²) in [5, 5.41) is 11.6. The maximum Gasteiger partial charge on any atom is 0.303 e. The van der Waals surface area contributed by atoms with Crippen molar-refractivity contribution in [2.24, 2.45) is 0 Å². The molecule has 1 aromatic carbocycles. The summed E-state index contributed by atoms with van der Waals surface area (Å²) in [6, 6.07) is 8.15. The quantitative estimate of drug-likeness (QED) is 0.847. The van der Waals surface area contributed by atoms with Crippen LogP contribution in [0.25, 0.3) is 0 Å². The summed E-state index contributed by atoms with van der Waals surface area (Å²) in [7, 11) is 0. The molecule has 1 unspecified atom stereocenters. The van der Waals surface area contributed by atoms with Gasteiger partial charge in [0.2, 0.25) is 5.91 Å². The number of rotatable bonds is 6. The second-order valence-corrected chi connectivity index (χ2v) is 6.48. The van der Waals surface area contributed by atoms with E-state index in [4.69, 9.17) is 5.11 Å². The molecule has 1 aromatic rings. The zero-order valence-electron chi connectivity index (χ0n) is 13.3. The van der Waals surface area contributed by atoms with Gasteiger partial charge in [-0.3, -0.25) is 9.59 Å². The van der Waals surface area contributed by atoms with Gasteiger partial charge in [0.1, 0.15) is 0 Å².